The molecule has 4 heteroatoms. The number of aliphatic hydroxyl groups is 2. The molecule has 0 aromatic rings. The summed E-state index contributed by atoms with van der Waals surface area (Å²) in [5.41, 5.74) is 0. The lowest BCUT2D eigenvalue weighted by atomic mass is 10.1. The number of aliphatic carboxylic acids is 1. The van der Waals surface area contributed by atoms with E-state index in [-0.39, 0.29) is 12.8 Å². The lowest BCUT2D eigenvalue weighted by Crippen LogP contribution is -2.19. The van der Waals surface area contributed by atoms with Crippen molar-refractivity contribution in [3.8, 4) is 0 Å². The molecule has 0 spiro atoms. The Morgan fingerprint density at radius 1 is 1.50 bits per heavy atom. The van der Waals surface area contributed by atoms with Crippen molar-refractivity contribution in [1.29, 1.82) is 0 Å². The molecular formula is C8H14O4. The number of hydrogen-bond acceptors (Lipinski definition) is 3. The number of rotatable bonds is 5. The third-order valence-corrected chi connectivity index (χ3v) is 1.34. The second kappa shape index (κ2) is 5.74. The van der Waals surface area contributed by atoms with Crippen LogP contribution in [0.5, 0.6) is 0 Å². The van der Waals surface area contributed by atoms with Gasteiger partial charge >= 0.3 is 5.97 Å². The molecule has 0 saturated heterocycles. The van der Waals surface area contributed by atoms with Crippen LogP contribution >= 0.6 is 0 Å². The third kappa shape index (κ3) is 5.88. The van der Waals surface area contributed by atoms with Crippen LogP contribution in [-0.4, -0.2) is 33.5 Å². The van der Waals surface area contributed by atoms with E-state index in [0.717, 1.165) is 0 Å². The van der Waals surface area contributed by atoms with Gasteiger partial charge in [-0.2, -0.15) is 0 Å². The first-order chi connectivity index (χ1) is 5.56. The molecule has 0 heterocycles. The van der Waals surface area contributed by atoms with Gasteiger partial charge in [0, 0.05) is 6.42 Å². The van der Waals surface area contributed by atoms with Gasteiger partial charge in [-0.25, -0.2) is 0 Å². The average molecular weight is 174 g/mol. The summed E-state index contributed by atoms with van der Waals surface area (Å²) in [5, 5.41) is 26.4. The van der Waals surface area contributed by atoms with Crippen LogP contribution in [0.25, 0.3) is 0 Å². The zero-order valence-corrected chi connectivity index (χ0v) is 6.97. The van der Waals surface area contributed by atoms with E-state index in [9.17, 15) is 4.79 Å². The maximum Gasteiger partial charge on any atom is 0.305 e. The van der Waals surface area contributed by atoms with Gasteiger partial charge in [0.25, 0.3) is 0 Å². The van der Waals surface area contributed by atoms with E-state index in [1.807, 2.05) is 0 Å². The van der Waals surface area contributed by atoms with Crippen LogP contribution in [0.3, 0.4) is 0 Å². The molecule has 0 amide bonds. The highest BCUT2D eigenvalue weighted by Gasteiger charge is 2.12. The number of carbonyl (C=O) groups is 1. The molecule has 2 unspecified atom stereocenters. The van der Waals surface area contributed by atoms with Crippen molar-refractivity contribution < 1.29 is 20.1 Å². The van der Waals surface area contributed by atoms with E-state index in [1.54, 1.807) is 13.0 Å². The Balaban J connectivity index is 3.67. The standard InChI is InChI=1S/C8H14O4/c1-2-3-6(9)4-7(10)5-8(11)12/h2-3,6-7,9-10H,4-5H2,1H3,(H,11,12). The Labute approximate surface area is 71.1 Å². The fourth-order valence-electron chi connectivity index (χ4n) is 0.864. The van der Waals surface area contributed by atoms with Gasteiger partial charge in [0.1, 0.15) is 0 Å². The Morgan fingerprint density at radius 2 is 2.08 bits per heavy atom. The van der Waals surface area contributed by atoms with E-state index >= 15 is 0 Å². The van der Waals surface area contributed by atoms with Crippen molar-refractivity contribution in [3.05, 3.63) is 12.2 Å². The zero-order chi connectivity index (χ0) is 9.56. The molecule has 0 aliphatic heterocycles. The first-order valence-corrected chi connectivity index (χ1v) is 3.77. The number of aliphatic hydroxyl groups excluding tert-OH is 2. The molecule has 12 heavy (non-hydrogen) atoms. The third-order valence-electron chi connectivity index (χ3n) is 1.34. The molecule has 0 aliphatic carbocycles. The van der Waals surface area contributed by atoms with Crippen molar-refractivity contribution in [2.75, 3.05) is 0 Å². The summed E-state index contributed by atoms with van der Waals surface area (Å²) in [6, 6.07) is 0. The van der Waals surface area contributed by atoms with Gasteiger partial charge in [0.2, 0.25) is 0 Å². The molecule has 70 valence electrons. The van der Waals surface area contributed by atoms with Crippen LogP contribution in [0.4, 0.5) is 0 Å². The maximum absolute atomic E-state index is 10.1. The minimum absolute atomic E-state index is 0.0661. The summed E-state index contributed by atoms with van der Waals surface area (Å²) >= 11 is 0. The SMILES string of the molecule is CC=CC(O)CC(O)CC(=O)O. The van der Waals surface area contributed by atoms with E-state index in [4.69, 9.17) is 15.3 Å². The summed E-state index contributed by atoms with van der Waals surface area (Å²) in [5.74, 6) is -1.06. The number of hydrogen-bond donors (Lipinski definition) is 3. The van der Waals surface area contributed by atoms with E-state index in [1.165, 1.54) is 6.08 Å². The predicted octanol–water partition coefficient (Wildman–Crippen LogP) is 0.149. The van der Waals surface area contributed by atoms with Crippen molar-refractivity contribution >= 4 is 5.97 Å². The minimum Gasteiger partial charge on any atom is -0.481 e. The minimum atomic E-state index is -1.06. The quantitative estimate of drug-likeness (QED) is 0.518. The number of carboxylic acid groups (broad SMARTS) is 1. The maximum atomic E-state index is 10.1. The average Bonchev–Trinajstić information content (AvgIpc) is 1.84. The molecule has 0 radical (unpaired) electrons. The van der Waals surface area contributed by atoms with Crippen LogP contribution in [0.2, 0.25) is 0 Å². The van der Waals surface area contributed by atoms with E-state index < -0.39 is 18.2 Å². The molecule has 0 fully saturated rings. The van der Waals surface area contributed by atoms with Gasteiger partial charge in [-0.3, -0.25) is 4.79 Å². The molecule has 0 aromatic heterocycles. The second-order valence-electron chi connectivity index (χ2n) is 2.58. The van der Waals surface area contributed by atoms with Crippen molar-refractivity contribution in [2.45, 2.75) is 32.0 Å². The molecule has 0 aromatic carbocycles. The number of carboxylic acids is 1. The van der Waals surface area contributed by atoms with Gasteiger partial charge in [-0.15, -0.1) is 0 Å². The zero-order valence-electron chi connectivity index (χ0n) is 6.97. The molecule has 0 rings (SSSR count). The Kier molecular flexibility index (Phi) is 5.32. The lowest BCUT2D eigenvalue weighted by Gasteiger charge is -2.09. The van der Waals surface area contributed by atoms with Gasteiger partial charge in [-0.1, -0.05) is 12.2 Å². The van der Waals surface area contributed by atoms with Gasteiger partial charge in [0.05, 0.1) is 18.6 Å². The van der Waals surface area contributed by atoms with Crippen LogP contribution in [0, 0.1) is 0 Å². The highest BCUT2D eigenvalue weighted by molar-refractivity contribution is 5.67. The lowest BCUT2D eigenvalue weighted by molar-refractivity contribution is -0.139. The highest BCUT2D eigenvalue weighted by atomic mass is 16.4. The molecule has 0 aliphatic rings. The molecule has 4 nitrogen and oxygen atoms in total. The summed E-state index contributed by atoms with van der Waals surface area (Å²) < 4.78 is 0. The van der Waals surface area contributed by atoms with Crippen LogP contribution in [-0.2, 0) is 4.79 Å². The van der Waals surface area contributed by atoms with Crippen molar-refractivity contribution in [1.82, 2.24) is 0 Å². The summed E-state index contributed by atoms with van der Waals surface area (Å²) in [6.07, 6.45) is 1.16. The largest absolute Gasteiger partial charge is 0.481 e. The molecular weight excluding hydrogens is 160 g/mol. The smallest absolute Gasteiger partial charge is 0.305 e. The Bertz CT molecular complexity index is 164. The van der Waals surface area contributed by atoms with E-state index in [0.29, 0.717) is 0 Å². The fraction of sp³-hybridized carbons (Fsp3) is 0.625. The van der Waals surface area contributed by atoms with Crippen molar-refractivity contribution in [2.24, 2.45) is 0 Å². The predicted molar refractivity (Wildman–Crippen MR) is 43.7 cm³/mol. The molecule has 0 bridgehead atoms. The second-order valence-corrected chi connectivity index (χ2v) is 2.58. The van der Waals surface area contributed by atoms with E-state index in [2.05, 4.69) is 0 Å². The van der Waals surface area contributed by atoms with Crippen molar-refractivity contribution in [3.63, 3.8) is 0 Å². The first-order valence-electron chi connectivity index (χ1n) is 3.77. The Hall–Kier alpha value is -0.870. The summed E-state index contributed by atoms with van der Waals surface area (Å²) in [4.78, 5) is 10.1. The van der Waals surface area contributed by atoms with Crippen LogP contribution in [0.1, 0.15) is 19.8 Å². The molecule has 3 N–H and O–H groups in total. The fourth-order valence-corrected chi connectivity index (χ4v) is 0.864. The van der Waals surface area contributed by atoms with Crippen LogP contribution in [0.15, 0.2) is 12.2 Å². The monoisotopic (exact) mass is 174 g/mol. The van der Waals surface area contributed by atoms with Crippen LogP contribution < -0.4 is 0 Å². The topological polar surface area (TPSA) is 77.8 Å². The first kappa shape index (κ1) is 11.1. The van der Waals surface area contributed by atoms with Gasteiger partial charge in [-0.05, 0) is 6.92 Å². The number of allylic oxidation sites excluding steroid dienone is 1. The normalized spacial score (nSPS) is 16.2. The Morgan fingerprint density at radius 3 is 2.50 bits per heavy atom. The summed E-state index contributed by atoms with van der Waals surface area (Å²) in [6.45, 7) is 1.74. The van der Waals surface area contributed by atoms with Gasteiger partial charge < -0.3 is 15.3 Å². The van der Waals surface area contributed by atoms with Gasteiger partial charge in [0.15, 0.2) is 0 Å². The summed E-state index contributed by atoms with van der Waals surface area (Å²) in [7, 11) is 0. The highest BCUT2D eigenvalue weighted by Crippen LogP contribution is 2.03. The molecule has 2 atom stereocenters. The molecule has 0 saturated carbocycles.